The van der Waals surface area contributed by atoms with Crippen LogP contribution < -0.4 is 61.9 Å². The third-order valence-electron chi connectivity index (χ3n) is 3.48. The molecule has 0 aromatic heterocycles. The van der Waals surface area contributed by atoms with Crippen LogP contribution in [0.1, 0.15) is 13.9 Å². The molecule has 0 aliphatic heterocycles. The maximum Gasteiger partial charge on any atom is 1.00 e. The molecule has 22 heavy (non-hydrogen) atoms. The summed E-state index contributed by atoms with van der Waals surface area (Å²) in [4.78, 5) is 0. The van der Waals surface area contributed by atoms with Crippen LogP contribution in [0.4, 0.5) is 0 Å². The molecule has 3 rings (SSSR count). The third-order valence-corrected chi connectivity index (χ3v) is 3.48. The number of nitrogens with two attached hydrogens (primary N) is 1. The van der Waals surface area contributed by atoms with Gasteiger partial charge in [0.1, 0.15) is 11.5 Å². The van der Waals surface area contributed by atoms with Gasteiger partial charge in [0.05, 0.1) is 0 Å². The predicted molar refractivity (Wildman–Crippen MR) is 88.9 cm³/mol. The van der Waals surface area contributed by atoms with E-state index in [1.165, 1.54) is 5.39 Å². The molecule has 0 aliphatic rings. The Morgan fingerprint density at radius 2 is 1.55 bits per heavy atom. The van der Waals surface area contributed by atoms with Gasteiger partial charge in [-0.25, -0.2) is 0 Å². The molecule has 2 nitrogen and oxygen atoms in total. The van der Waals surface area contributed by atoms with E-state index in [2.05, 4.69) is 24.3 Å². The molecule has 2 N–H and O–H groups in total. The second-order valence-electron chi connectivity index (χ2n) is 5.37. The molecule has 0 aliphatic carbocycles. The monoisotopic (exact) mass is 317 g/mol. The van der Waals surface area contributed by atoms with Crippen molar-refractivity contribution in [1.82, 2.24) is 0 Å². The Labute approximate surface area is 175 Å². The first kappa shape index (κ1) is 17.7. The number of ether oxygens (including phenoxy) is 1. The van der Waals surface area contributed by atoms with Gasteiger partial charge in [-0.05, 0) is 36.4 Å². The maximum atomic E-state index is 6.17. The first-order chi connectivity index (χ1) is 10.2. The average molecular weight is 317 g/mol. The Morgan fingerprint density at radius 1 is 0.909 bits per heavy atom. The van der Waals surface area contributed by atoms with Gasteiger partial charge in [-0.3, -0.25) is 0 Å². The SMILES string of the molecule is CC(N)Cc1ccccc1Oc1cccc2ccccc12.[H-].[K+]. The Hall–Kier alpha value is -0.684. The van der Waals surface area contributed by atoms with Crippen molar-refractivity contribution in [3.05, 3.63) is 72.3 Å². The molecule has 0 radical (unpaired) electrons. The number of rotatable bonds is 4. The van der Waals surface area contributed by atoms with Crippen molar-refractivity contribution >= 4 is 10.8 Å². The Morgan fingerprint density at radius 3 is 2.36 bits per heavy atom. The first-order valence-electron chi connectivity index (χ1n) is 7.23. The molecular formula is C19H20KNO. The second-order valence-corrected chi connectivity index (χ2v) is 5.37. The summed E-state index contributed by atoms with van der Waals surface area (Å²) in [5, 5.41) is 2.30. The van der Waals surface area contributed by atoms with Crippen molar-refractivity contribution in [2.75, 3.05) is 0 Å². The van der Waals surface area contributed by atoms with Crippen LogP contribution >= 0.6 is 0 Å². The van der Waals surface area contributed by atoms with Crippen molar-refractivity contribution in [3.8, 4) is 11.5 Å². The van der Waals surface area contributed by atoms with Crippen LogP contribution in [-0.4, -0.2) is 6.04 Å². The molecule has 0 amide bonds. The molecule has 0 spiro atoms. The molecule has 1 atom stereocenters. The standard InChI is InChI=1S/C19H19NO.K.H/c1-14(20)13-16-8-3-5-11-18(16)21-19-12-6-9-15-7-2-4-10-17(15)19;;/h2-12,14H,13,20H2,1H3;;/q;+1;-1. The van der Waals surface area contributed by atoms with Gasteiger partial charge in [-0.15, -0.1) is 0 Å². The maximum absolute atomic E-state index is 6.17. The molecule has 1 unspecified atom stereocenters. The zero-order valence-electron chi connectivity index (χ0n) is 14.1. The molecule has 0 saturated carbocycles. The molecule has 0 saturated heterocycles. The summed E-state index contributed by atoms with van der Waals surface area (Å²) in [7, 11) is 0. The van der Waals surface area contributed by atoms with E-state index in [1.807, 2.05) is 49.4 Å². The summed E-state index contributed by atoms with van der Waals surface area (Å²) < 4.78 is 6.17. The van der Waals surface area contributed by atoms with E-state index in [0.717, 1.165) is 28.9 Å². The van der Waals surface area contributed by atoms with E-state index >= 15 is 0 Å². The molecule has 3 heteroatoms. The topological polar surface area (TPSA) is 35.2 Å². The van der Waals surface area contributed by atoms with E-state index in [1.54, 1.807) is 0 Å². The fourth-order valence-electron chi connectivity index (χ4n) is 2.52. The molecule has 0 heterocycles. The van der Waals surface area contributed by atoms with E-state index in [4.69, 9.17) is 10.5 Å². The summed E-state index contributed by atoms with van der Waals surface area (Å²) in [5.41, 5.74) is 7.06. The third kappa shape index (κ3) is 4.19. The zero-order valence-corrected chi connectivity index (χ0v) is 16.2. The van der Waals surface area contributed by atoms with Gasteiger partial charge in [0, 0.05) is 11.4 Å². The van der Waals surface area contributed by atoms with Crippen LogP contribution in [0.5, 0.6) is 11.5 Å². The van der Waals surface area contributed by atoms with Crippen LogP contribution in [0.3, 0.4) is 0 Å². The Bertz CT molecular complexity index is 756. The first-order valence-corrected chi connectivity index (χ1v) is 7.23. The van der Waals surface area contributed by atoms with Crippen LogP contribution in [0.25, 0.3) is 10.8 Å². The van der Waals surface area contributed by atoms with E-state index in [-0.39, 0.29) is 58.9 Å². The van der Waals surface area contributed by atoms with Crippen molar-refractivity contribution in [2.24, 2.45) is 5.73 Å². The Kier molecular flexibility index (Phi) is 6.62. The summed E-state index contributed by atoms with van der Waals surface area (Å²) in [6.45, 7) is 2.01. The van der Waals surface area contributed by atoms with Gasteiger partial charge in [0.25, 0.3) is 0 Å². The molecule has 0 fully saturated rings. The van der Waals surface area contributed by atoms with E-state index in [0.29, 0.717) is 0 Å². The number of para-hydroxylation sites is 1. The van der Waals surface area contributed by atoms with Gasteiger partial charge >= 0.3 is 51.4 Å². The largest absolute Gasteiger partial charge is 1.00 e. The summed E-state index contributed by atoms with van der Waals surface area (Å²) in [6.07, 6.45) is 0.806. The van der Waals surface area contributed by atoms with Gasteiger partial charge in [0.2, 0.25) is 0 Å². The van der Waals surface area contributed by atoms with E-state index < -0.39 is 0 Å². The van der Waals surface area contributed by atoms with Crippen molar-refractivity contribution in [3.63, 3.8) is 0 Å². The van der Waals surface area contributed by atoms with Crippen LogP contribution in [0.2, 0.25) is 0 Å². The predicted octanol–water partition coefficient (Wildman–Crippen LogP) is 1.64. The fourth-order valence-corrected chi connectivity index (χ4v) is 2.52. The summed E-state index contributed by atoms with van der Waals surface area (Å²) >= 11 is 0. The minimum absolute atomic E-state index is 0. The molecule has 3 aromatic rings. The normalized spacial score (nSPS) is 11.7. The average Bonchev–Trinajstić information content (AvgIpc) is 2.49. The molecular weight excluding hydrogens is 297 g/mol. The molecule has 0 bridgehead atoms. The smallest absolute Gasteiger partial charge is 1.00 e. The second kappa shape index (κ2) is 8.25. The van der Waals surface area contributed by atoms with Gasteiger partial charge in [-0.1, -0.05) is 54.6 Å². The quantitative estimate of drug-likeness (QED) is 0.743. The van der Waals surface area contributed by atoms with E-state index in [9.17, 15) is 0 Å². The number of hydrogen-bond acceptors (Lipinski definition) is 2. The Balaban J connectivity index is 0.00000132. The molecule has 108 valence electrons. The zero-order chi connectivity index (χ0) is 14.7. The number of benzene rings is 3. The van der Waals surface area contributed by atoms with Gasteiger partial charge in [0.15, 0.2) is 0 Å². The number of hydrogen-bond donors (Lipinski definition) is 1. The van der Waals surface area contributed by atoms with Crippen LogP contribution in [0, 0.1) is 0 Å². The summed E-state index contributed by atoms with van der Waals surface area (Å²) in [6, 6.07) is 22.6. The van der Waals surface area contributed by atoms with Gasteiger partial charge < -0.3 is 11.9 Å². The fraction of sp³-hybridized carbons (Fsp3) is 0.158. The summed E-state index contributed by atoms with van der Waals surface area (Å²) in [5.74, 6) is 1.76. The van der Waals surface area contributed by atoms with Crippen molar-refractivity contribution in [2.45, 2.75) is 19.4 Å². The van der Waals surface area contributed by atoms with Crippen LogP contribution in [-0.2, 0) is 6.42 Å². The van der Waals surface area contributed by atoms with Crippen LogP contribution in [0.15, 0.2) is 66.7 Å². The molecule has 3 aromatic carbocycles. The van der Waals surface area contributed by atoms with Gasteiger partial charge in [-0.2, -0.15) is 0 Å². The van der Waals surface area contributed by atoms with Crippen molar-refractivity contribution < 1.29 is 57.5 Å². The number of fused-ring (bicyclic) bond motifs is 1. The minimum atomic E-state index is 0. The van der Waals surface area contributed by atoms with Crippen molar-refractivity contribution in [1.29, 1.82) is 0 Å². The minimum Gasteiger partial charge on any atom is -1.00 e.